The minimum atomic E-state index is -0.975. The van der Waals surface area contributed by atoms with Crippen LogP contribution in [-0.4, -0.2) is 22.5 Å². The Balaban J connectivity index is 3.66. The van der Waals surface area contributed by atoms with Gasteiger partial charge in [0.15, 0.2) is 0 Å². The van der Waals surface area contributed by atoms with Crippen LogP contribution in [0.2, 0.25) is 5.54 Å². The van der Waals surface area contributed by atoms with E-state index in [0.29, 0.717) is 5.54 Å². The van der Waals surface area contributed by atoms with Gasteiger partial charge in [0.05, 0.1) is 0 Å². The number of hydrogen-bond acceptors (Lipinski definition) is 2. The maximum Gasteiger partial charge on any atom is 0.387 e. The Bertz CT molecular complexity index is 82.2. The van der Waals surface area contributed by atoms with Crippen LogP contribution in [0.15, 0.2) is 0 Å². The molecule has 0 saturated heterocycles. The van der Waals surface area contributed by atoms with Gasteiger partial charge in [-0.3, -0.25) is 0 Å². The summed E-state index contributed by atoms with van der Waals surface area (Å²) in [6.07, 6.45) is 1.15. The van der Waals surface area contributed by atoms with E-state index in [1.165, 1.54) is 0 Å². The Morgan fingerprint density at radius 2 is 1.55 bits per heavy atom. The Morgan fingerprint density at radius 3 is 1.82 bits per heavy atom. The van der Waals surface area contributed by atoms with Gasteiger partial charge in [-0.25, -0.2) is 0 Å². The molecule has 0 aliphatic heterocycles. The molecule has 2 nitrogen and oxygen atoms in total. The molecule has 0 spiro atoms. The van der Waals surface area contributed by atoms with Crippen molar-refractivity contribution >= 4 is 9.28 Å². The molecular weight excluding hydrogens is 156 g/mol. The topological polar surface area (TPSA) is 18.5 Å². The van der Waals surface area contributed by atoms with Crippen molar-refractivity contribution in [3.8, 4) is 0 Å². The first-order valence-electron chi connectivity index (χ1n) is 4.38. The fourth-order valence-corrected chi connectivity index (χ4v) is 2.33. The van der Waals surface area contributed by atoms with Crippen molar-refractivity contribution in [1.82, 2.24) is 0 Å². The molecule has 67 valence electrons. The molecule has 0 rings (SSSR count). The molecule has 0 aliphatic rings. The van der Waals surface area contributed by atoms with Gasteiger partial charge >= 0.3 is 9.28 Å². The van der Waals surface area contributed by atoms with E-state index < -0.39 is 9.28 Å². The molecule has 1 atom stereocenters. The second kappa shape index (κ2) is 6.82. The summed E-state index contributed by atoms with van der Waals surface area (Å²) in [4.78, 5) is 0. The highest BCUT2D eigenvalue weighted by molar-refractivity contribution is 6.46. The van der Waals surface area contributed by atoms with Gasteiger partial charge in [0, 0.05) is 18.8 Å². The highest BCUT2D eigenvalue weighted by Gasteiger charge is 2.21. The molecule has 1 unspecified atom stereocenters. The van der Waals surface area contributed by atoms with Crippen LogP contribution in [0.3, 0.4) is 0 Å². The van der Waals surface area contributed by atoms with Crippen LogP contribution >= 0.6 is 0 Å². The van der Waals surface area contributed by atoms with Crippen molar-refractivity contribution in [3.63, 3.8) is 0 Å². The molecule has 0 saturated carbocycles. The molecule has 11 heavy (non-hydrogen) atoms. The van der Waals surface area contributed by atoms with Gasteiger partial charge in [0.2, 0.25) is 0 Å². The van der Waals surface area contributed by atoms with Crippen LogP contribution in [0, 0.1) is 0 Å². The van der Waals surface area contributed by atoms with E-state index in [4.69, 9.17) is 8.85 Å². The second-order valence-corrected chi connectivity index (χ2v) is 4.70. The molecule has 0 aliphatic carbocycles. The van der Waals surface area contributed by atoms with E-state index in [0.717, 1.165) is 19.6 Å². The SMILES string of the molecule is CCO[Si](OCC)C(C)CC. The van der Waals surface area contributed by atoms with Crippen molar-refractivity contribution in [2.75, 3.05) is 13.2 Å². The Morgan fingerprint density at radius 1 is 1.09 bits per heavy atom. The van der Waals surface area contributed by atoms with Gasteiger partial charge in [-0.2, -0.15) is 0 Å². The highest BCUT2D eigenvalue weighted by Crippen LogP contribution is 2.15. The summed E-state index contributed by atoms with van der Waals surface area (Å²) in [6.45, 7) is 9.96. The van der Waals surface area contributed by atoms with E-state index in [-0.39, 0.29) is 0 Å². The molecule has 1 radical (unpaired) electrons. The summed E-state index contributed by atoms with van der Waals surface area (Å²) in [5.74, 6) is 0. The summed E-state index contributed by atoms with van der Waals surface area (Å²) in [5.41, 5.74) is 0.597. The monoisotopic (exact) mass is 175 g/mol. The van der Waals surface area contributed by atoms with Crippen molar-refractivity contribution in [1.29, 1.82) is 0 Å². The maximum absolute atomic E-state index is 5.51. The first-order valence-corrected chi connectivity index (χ1v) is 5.78. The summed E-state index contributed by atoms with van der Waals surface area (Å²) < 4.78 is 11.0. The summed E-state index contributed by atoms with van der Waals surface area (Å²) in [5, 5.41) is 0. The summed E-state index contributed by atoms with van der Waals surface area (Å²) in [7, 11) is -0.975. The molecule has 3 heteroatoms. The van der Waals surface area contributed by atoms with E-state index in [9.17, 15) is 0 Å². The Kier molecular flexibility index (Phi) is 6.91. The molecule has 0 fully saturated rings. The van der Waals surface area contributed by atoms with E-state index in [1.807, 2.05) is 13.8 Å². The Hall–Kier alpha value is 0.137. The van der Waals surface area contributed by atoms with Crippen LogP contribution < -0.4 is 0 Å². The van der Waals surface area contributed by atoms with Crippen LogP contribution in [-0.2, 0) is 8.85 Å². The van der Waals surface area contributed by atoms with Crippen LogP contribution in [0.1, 0.15) is 34.1 Å². The van der Waals surface area contributed by atoms with Crippen molar-refractivity contribution in [2.45, 2.75) is 39.7 Å². The number of rotatable bonds is 6. The van der Waals surface area contributed by atoms with Gasteiger partial charge in [-0.15, -0.1) is 0 Å². The van der Waals surface area contributed by atoms with Gasteiger partial charge in [-0.05, 0) is 13.8 Å². The zero-order chi connectivity index (χ0) is 8.69. The van der Waals surface area contributed by atoms with Crippen molar-refractivity contribution < 1.29 is 8.85 Å². The molecular formula is C8H19O2Si. The molecule has 0 bridgehead atoms. The standard InChI is InChI=1S/C8H19O2Si/c1-5-8(4)11(9-6-2)10-7-3/h8H,5-7H2,1-4H3. The zero-order valence-corrected chi connectivity index (χ0v) is 9.02. The fourth-order valence-electron chi connectivity index (χ4n) is 0.777. The average molecular weight is 175 g/mol. The predicted molar refractivity (Wildman–Crippen MR) is 48.7 cm³/mol. The lowest BCUT2D eigenvalue weighted by Crippen LogP contribution is -2.27. The van der Waals surface area contributed by atoms with Crippen molar-refractivity contribution in [2.24, 2.45) is 0 Å². The lowest BCUT2D eigenvalue weighted by molar-refractivity contribution is 0.204. The van der Waals surface area contributed by atoms with Gasteiger partial charge in [0.25, 0.3) is 0 Å². The molecule has 0 amide bonds. The van der Waals surface area contributed by atoms with Gasteiger partial charge in [-0.1, -0.05) is 20.3 Å². The lowest BCUT2D eigenvalue weighted by Gasteiger charge is -2.18. The van der Waals surface area contributed by atoms with E-state index in [2.05, 4.69) is 13.8 Å². The third-order valence-corrected chi connectivity index (χ3v) is 3.95. The Labute approximate surface area is 71.7 Å². The largest absolute Gasteiger partial charge is 0.393 e. The van der Waals surface area contributed by atoms with Crippen molar-refractivity contribution in [3.05, 3.63) is 0 Å². The highest BCUT2D eigenvalue weighted by atomic mass is 28.3. The minimum absolute atomic E-state index is 0.597. The quantitative estimate of drug-likeness (QED) is 0.577. The lowest BCUT2D eigenvalue weighted by atomic mass is 10.4. The number of hydrogen-bond donors (Lipinski definition) is 0. The van der Waals surface area contributed by atoms with Gasteiger partial charge < -0.3 is 8.85 Å². The molecule has 0 aromatic carbocycles. The summed E-state index contributed by atoms with van der Waals surface area (Å²) in [6, 6.07) is 0. The average Bonchev–Trinajstić information content (AvgIpc) is 2.03. The van der Waals surface area contributed by atoms with Gasteiger partial charge in [0.1, 0.15) is 0 Å². The van der Waals surface area contributed by atoms with Crippen LogP contribution in [0.5, 0.6) is 0 Å². The first kappa shape index (κ1) is 11.1. The maximum atomic E-state index is 5.51. The molecule has 0 aromatic rings. The smallest absolute Gasteiger partial charge is 0.387 e. The molecule has 0 N–H and O–H groups in total. The molecule has 0 aromatic heterocycles. The molecule has 0 heterocycles. The first-order chi connectivity index (χ1) is 5.26. The predicted octanol–water partition coefficient (Wildman–Crippen LogP) is 2.35. The fraction of sp³-hybridized carbons (Fsp3) is 1.00. The minimum Gasteiger partial charge on any atom is -0.393 e. The summed E-state index contributed by atoms with van der Waals surface area (Å²) >= 11 is 0. The normalized spacial score (nSPS) is 13.9. The zero-order valence-electron chi connectivity index (χ0n) is 8.02. The van der Waals surface area contributed by atoms with Crippen LogP contribution in [0.4, 0.5) is 0 Å². The second-order valence-electron chi connectivity index (χ2n) is 2.49. The third-order valence-electron chi connectivity index (χ3n) is 1.59. The third kappa shape index (κ3) is 4.56. The van der Waals surface area contributed by atoms with E-state index >= 15 is 0 Å². The van der Waals surface area contributed by atoms with Crippen LogP contribution in [0.25, 0.3) is 0 Å². The van der Waals surface area contributed by atoms with E-state index in [1.54, 1.807) is 0 Å².